The monoisotopic (exact) mass is 543 g/mol. The van der Waals surface area contributed by atoms with Gasteiger partial charge in [0.2, 0.25) is 5.88 Å². The van der Waals surface area contributed by atoms with Gasteiger partial charge in [-0.15, -0.1) is 11.3 Å². The van der Waals surface area contributed by atoms with Crippen LogP contribution in [0.3, 0.4) is 0 Å². The molecule has 10 nitrogen and oxygen atoms in total. The number of rotatable bonds is 4. The van der Waals surface area contributed by atoms with E-state index in [0.29, 0.717) is 23.1 Å². The smallest absolute Gasteiger partial charge is 0.417 e. The number of carbonyl (C=O) groups is 1. The van der Waals surface area contributed by atoms with E-state index >= 15 is 0 Å². The topological polar surface area (TPSA) is 109 Å². The average Bonchev–Trinajstić information content (AvgIpc) is 3.38. The van der Waals surface area contributed by atoms with Gasteiger partial charge in [-0.2, -0.15) is 0 Å². The highest BCUT2D eigenvalue weighted by Crippen LogP contribution is 2.46. The molecule has 5 aromatic rings. The lowest BCUT2D eigenvalue weighted by molar-refractivity contribution is -0.0718. The fraction of sp³-hybridized carbons (Fsp3) is 0.250. The zero-order valence-electron chi connectivity index (χ0n) is 22.0. The van der Waals surface area contributed by atoms with Crippen molar-refractivity contribution in [2.24, 2.45) is 0 Å². The molecule has 4 heterocycles. The lowest BCUT2D eigenvalue weighted by atomic mass is 10.1. The van der Waals surface area contributed by atoms with E-state index in [2.05, 4.69) is 21.0 Å². The highest BCUT2D eigenvalue weighted by atomic mass is 32.1. The number of amides is 1. The highest BCUT2D eigenvalue weighted by molar-refractivity contribution is 7.22. The molecule has 0 saturated carbocycles. The fourth-order valence-electron chi connectivity index (χ4n) is 4.37. The van der Waals surface area contributed by atoms with Crippen LogP contribution in [0.25, 0.3) is 31.8 Å². The Hall–Kier alpha value is -4.51. The van der Waals surface area contributed by atoms with E-state index in [1.165, 1.54) is 16.2 Å². The Morgan fingerprint density at radius 1 is 1.08 bits per heavy atom. The van der Waals surface area contributed by atoms with Crippen LogP contribution < -0.4 is 19.1 Å². The first-order valence-electron chi connectivity index (χ1n) is 12.2. The van der Waals surface area contributed by atoms with Crippen molar-refractivity contribution in [3.8, 4) is 28.0 Å². The van der Waals surface area contributed by atoms with Crippen molar-refractivity contribution in [3.63, 3.8) is 0 Å². The van der Waals surface area contributed by atoms with Gasteiger partial charge in [0.1, 0.15) is 9.71 Å². The molecule has 6 rings (SSSR count). The summed E-state index contributed by atoms with van der Waals surface area (Å²) in [5, 5.41) is 0.792. The lowest BCUT2D eigenvalue weighted by Crippen LogP contribution is -2.38. The minimum atomic E-state index is -0.902. The Morgan fingerprint density at radius 3 is 2.69 bits per heavy atom. The van der Waals surface area contributed by atoms with Crippen LogP contribution in [0.1, 0.15) is 16.8 Å². The molecule has 0 bridgehead atoms. The van der Waals surface area contributed by atoms with Crippen LogP contribution in [0.2, 0.25) is 0 Å². The summed E-state index contributed by atoms with van der Waals surface area (Å²) in [6.45, 7) is 5.90. The predicted octanol–water partition coefficient (Wildman–Crippen LogP) is 5.61. The van der Waals surface area contributed by atoms with Crippen molar-refractivity contribution in [2.45, 2.75) is 27.1 Å². The number of carbonyl (C=O) groups excluding carboxylic acids is 1. The van der Waals surface area contributed by atoms with E-state index in [1.54, 1.807) is 32.6 Å². The molecule has 0 radical (unpaired) electrons. The molecule has 11 heteroatoms. The number of nitrogens with zero attached hydrogens (tertiary/aromatic N) is 5. The highest BCUT2D eigenvalue weighted by Gasteiger charge is 2.30. The summed E-state index contributed by atoms with van der Waals surface area (Å²) >= 11 is 1.49. The molecular formula is C28H25N5O5S. The average molecular weight is 544 g/mol. The Kier molecular flexibility index (Phi) is 6.15. The number of ether oxygens (including phenoxy) is 4. The molecule has 3 aromatic heterocycles. The molecule has 1 amide bonds. The number of benzene rings is 2. The maximum absolute atomic E-state index is 12.7. The molecule has 2 aromatic carbocycles. The number of anilines is 1. The number of aryl methyl sites for hydroxylation is 3. The molecule has 39 heavy (non-hydrogen) atoms. The zero-order valence-corrected chi connectivity index (χ0v) is 22.8. The van der Waals surface area contributed by atoms with Crippen molar-refractivity contribution in [1.82, 2.24) is 19.9 Å². The third kappa shape index (κ3) is 4.54. The molecular weight excluding hydrogens is 518 g/mol. The van der Waals surface area contributed by atoms with Crippen LogP contribution in [0, 0.1) is 20.8 Å². The first-order chi connectivity index (χ1) is 18.8. The molecule has 1 unspecified atom stereocenters. The maximum Gasteiger partial charge on any atom is 0.417 e. The van der Waals surface area contributed by atoms with Crippen LogP contribution in [0.4, 0.5) is 10.5 Å². The van der Waals surface area contributed by atoms with Crippen molar-refractivity contribution < 1.29 is 23.7 Å². The van der Waals surface area contributed by atoms with Gasteiger partial charge in [-0.05, 0) is 62.2 Å². The first kappa shape index (κ1) is 24.8. The van der Waals surface area contributed by atoms with Crippen molar-refractivity contribution in [3.05, 3.63) is 59.5 Å². The number of aromatic nitrogens is 4. The van der Waals surface area contributed by atoms with E-state index in [9.17, 15) is 4.79 Å². The van der Waals surface area contributed by atoms with Crippen molar-refractivity contribution in [2.75, 3.05) is 25.7 Å². The summed E-state index contributed by atoms with van der Waals surface area (Å²) in [5.41, 5.74) is 6.59. The van der Waals surface area contributed by atoms with Gasteiger partial charge in [0.25, 0.3) is 6.29 Å². The maximum atomic E-state index is 12.7. The van der Waals surface area contributed by atoms with Crippen molar-refractivity contribution >= 4 is 44.4 Å². The number of fused-ring (bicyclic) bond motifs is 4. The van der Waals surface area contributed by atoms with E-state index in [4.69, 9.17) is 23.9 Å². The van der Waals surface area contributed by atoms with E-state index in [-0.39, 0.29) is 6.61 Å². The van der Waals surface area contributed by atoms with Crippen LogP contribution in [0.15, 0.2) is 42.7 Å². The number of hydrogen-bond donors (Lipinski definition) is 0. The molecule has 198 valence electrons. The van der Waals surface area contributed by atoms with E-state index in [1.807, 2.05) is 39.0 Å². The van der Waals surface area contributed by atoms with Crippen LogP contribution in [-0.4, -0.2) is 53.1 Å². The quantitative estimate of drug-likeness (QED) is 0.286. The zero-order chi connectivity index (χ0) is 27.3. The van der Waals surface area contributed by atoms with Gasteiger partial charge in [-0.1, -0.05) is 0 Å². The summed E-state index contributed by atoms with van der Waals surface area (Å²) < 4.78 is 23.8. The number of thiazole rings is 1. The molecule has 0 aliphatic carbocycles. The fourth-order valence-corrected chi connectivity index (χ4v) is 5.52. The predicted molar refractivity (Wildman–Crippen MR) is 148 cm³/mol. The number of methoxy groups -OCH3 is 1. The van der Waals surface area contributed by atoms with E-state index in [0.717, 1.165) is 48.6 Å². The third-order valence-corrected chi connectivity index (χ3v) is 7.49. The largest absolute Gasteiger partial charge is 0.480 e. The molecule has 1 aliphatic heterocycles. The standard InChI is InChI=1S/C28H25N5O5S/c1-14-8-18(24-19(9-14)31-21(35-5)12-30-24)27-32-23-15(2)10-20-25(26(23)39-27)36-13-22(37-20)38-28(34)33(4)17-7-6-16(3)29-11-17/h6-12,22H,13H2,1-5H3. The summed E-state index contributed by atoms with van der Waals surface area (Å²) in [5.74, 6) is 1.53. The molecule has 0 saturated heterocycles. The van der Waals surface area contributed by atoms with Gasteiger partial charge in [0.15, 0.2) is 18.1 Å². The SMILES string of the molecule is COc1cnc2c(-c3nc4c(C)cc5c(c4s3)OCC(OC(=O)N(C)c3ccc(C)nc3)O5)cc(C)cc2n1. The first-order valence-corrected chi connectivity index (χ1v) is 13.0. The third-order valence-electron chi connectivity index (χ3n) is 6.40. The van der Waals surface area contributed by atoms with Crippen LogP contribution >= 0.6 is 11.3 Å². The Labute approximate surface area is 228 Å². The summed E-state index contributed by atoms with van der Waals surface area (Å²) in [6, 6.07) is 9.51. The second kappa shape index (κ2) is 9.66. The molecule has 1 atom stereocenters. The minimum Gasteiger partial charge on any atom is -0.480 e. The van der Waals surface area contributed by atoms with Gasteiger partial charge < -0.3 is 18.9 Å². The van der Waals surface area contributed by atoms with Gasteiger partial charge in [-0.3, -0.25) is 9.88 Å². The Morgan fingerprint density at radius 2 is 1.92 bits per heavy atom. The van der Waals surface area contributed by atoms with Gasteiger partial charge in [-0.25, -0.2) is 19.7 Å². The molecule has 0 fully saturated rings. The lowest BCUT2D eigenvalue weighted by Gasteiger charge is -2.28. The Bertz CT molecular complexity index is 1740. The normalized spacial score (nSPS) is 14.4. The second-order valence-corrected chi connectivity index (χ2v) is 10.3. The molecule has 0 spiro atoms. The summed E-state index contributed by atoms with van der Waals surface area (Å²) in [7, 11) is 3.19. The Balaban J connectivity index is 1.30. The van der Waals surface area contributed by atoms with Gasteiger partial charge in [0.05, 0.1) is 41.7 Å². The van der Waals surface area contributed by atoms with Crippen LogP contribution in [0.5, 0.6) is 17.4 Å². The minimum absolute atomic E-state index is 0.0444. The van der Waals surface area contributed by atoms with Gasteiger partial charge in [0, 0.05) is 18.3 Å². The van der Waals surface area contributed by atoms with Gasteiger partial charge >= 0.3 is 6.09 Å². The second-order valence-electron chi connectivity index (χ2n) is 9.27. The summed E-state index contributed by atoms with van der Waals surface area (Å²) in [6.07, 6.45) is 1.75. The number of hydrogen-bond acceptors (Lipinski definition) is 10. The van der Waals surface area contributed by atoms with Crippen LogP contribution in [-0.2, 0) is 4.74 Å². The van der Waals surface area contributed by atoms with E-state index < -0.39 is 12.4 Å². The number of pyridine rings is 1. The van der Waals surface area contributed by atoms with Crippen molar-refractivity contribution in [1.29, 1.82) is 0 Å². The molecule has 1 aliphatic rings. The summed E-state index contributed by atoms with van der Waals surface area (Å²) in [4.78, 5) is 32.4. The molecule has 0 N–H and O–H groups in total.